The lowest BCUT2D eigenvalue weighted by molar-refractivity contribution is 0.953. The highest BCUT2D eigenvalue weighted by Crippen LogP contribution is 2.30. The molecule has 106 valence electrons. The van der Waals surface area contributed by atoms with Gasteiger partial charge in [0.2, 0.25) is 5.95 Å². The minimum Gasteiger partial charge on any atom is -0.354 e. The third-order valence-electron chi connectivity index (χ3n) is 2.74. The van der Waals surface area contributed by atoms with Crippen molar-refractivity contribution in [3.63, 3.8) is 0 Å². The Morgan fingerprint density at radius 1 is 1.20 bits per heavy atom. The van der Waals surface area contributed by atoms with E-state index in [-0.39, 0.29) is 0 Å². The third-order valence-corrected chi connectivity index (χ3v) is 3.33. The molecule has 0 aliphatic rings. The standard InChI is InChI=1S/C14H16Cl2N4/c1-3-7-17-14-18-8-11(16)13(20-14)19-12-9(2)5-4-6-10(12)15/h4-6,8H,3,7H2,1-2H3,(H2,17,18,19,20). The molecule has 0 spiro atoms. The van der Waals surface area contributed by atoms with Crippen molar-refractivity contribution < 1.29 is 0 Å². The molecule has 0 aliphatic carbocycles. The molecule has 6 heteroatoms. The summed E-state index contributed by atoms with van der Waals surface area (Å²) in [5, 5.41) is 7.37. The molecule has 0 unspecified atom stereocenters. The average Bonchev–Trinajstić information content (AvgIpc) is 2.43. The number of aromatic nitrogens is 2. The highest BCUT2D eigenvalue weighted by Gasteiger charge is 2.09. The van der Waals surface area contributed by atoms with Crippen LogP contribution in [0.1, 0.15) is 18.9 Å². The molecule has 0 fully saturated rings. The SMILES string of the molecule is CCCNc1ncc(Cl)c(Nc2c(C)cccc2Cl)n1. The molecular weight excluding hydrogens is 295 g/mol. The van der Waals surface area contributed by atoms with Crippen LogP contribution in [0.5, 0.6) is 0 Å². The molecule has 1 aromatic heterocycles. The van der Waals surface area contributed by atoms with Gasteiger partial charge in [0.05, 0.1) is 16.9 Å². The molecule has 2 N–H and O–H groups in total. The maximum absolute atomic E-state index is 6.19. The Balaban J connectivity index is 2.28. The Bertz CT molecular complexity index is 581. The largest absolute Gasteiger partial charge is 0.354 e. The van der Waals surface area contributed by atoms with Crippen LogP contribution >= 0.6 is 23.2 Å². The second kappa shape index (κ2) is 6.77. The van der Waals surface area contributed by atoms with E-state index in [1.807, 2.05) is 25.1 Å². The van der Waals surface area contributed by atoms with Gasteiger partial charge in [0.15, 0.2) is 5.82 Å². The Hall–Kier alpha value is -1.52. The summed E-state index contributed by atoms with van der Waals surface area (Å²) in [7, 11) is 0. The maximum atomic E-state index is 6.19. The third kappa shape index (κ3) is 3.52. The second-order valence-corrected chi connectivity index (χ2v) is 5.19. The van der Waals surface area contributed by atoms with Crippen LogP contribution in [-0.2, 0) is 0 Å². The zero-order valence-electron chi connectivity index (χ0n) is 11.4. The van der Waals surface area contributed by atoms with E-state index < -0.39 is 0 Å². The first-order chi connectivity index (χ1) is 9.61. The van der Waals surface area contributed by atoms with E-state index in [2.05, 4.69) is 27.5 Å². The lowest BCUT2D eigenvalue weighted by Gasteiger charge is -2.13. The van der Waals surface area contributed by atoms with Crippen molar-refractivity contribution in [3.05, 3.63) is 40.0 Å². The van der Waals surface area contributed by atoms with Gasteiger partial charge in [-0.3, -0.25) is 0 Å². The van der Waals surface area contributed by atoms with Crippen LogP contribution in [0.15, 0.2) is 24.4 Å². The Labute approximate surface area is 128 Å². The van der Waals surface area contributed by atoms with E-state index in [9.17, 15) is 0 Å². The van der Waals surface area contributed by atoms with Crippen LogP contribution in [0.25, 0.3) is 0 Å². The number of nitrogens with one attached hydrogen (secondary N) is 2. The number of aryl methyl sites for hydroxylation is 1. The van der Waals surface area contributed by atoms with E-state index >= 15 is 0 Å². The van der Waals surface area contributed by atoms with Crippen molar-refractivity contribution in [2.24, 2.45) is 0 Å². The Morgan fingerprint density at radius 3 is 2.70 bits per heavy atom. The number of hydrogen-bond donors (Lipinski definition) is 2. The van der Waals surface area contributed by atoms with Gasteiger partial charge in [0, 0.05) is 6.54 Å². The van der Waals surface area contributed by atoms with Gasteiger partial charge < -0.3 is 10.6 Å². The van der Waals surface area contributed by atoms with Crippen molar-refractivity contribution in [1.29, 1.82) is 0 Å². The van der Waals surface area contributed by atoms with E-state index in [4.69, 9.17) is 23.2 Å². The lowest BCUT2D eigenvalue weighted by atomic mass is 10.2. The fraction of sp³-hybridized carbons (Fsp3) is 0.286. The predicted octanol–water partition coefficient (Wildman–Crippen LogP) is 4.66. The molecule has 0 atom stereocenters. The fourth-order valence-corrected chi connectivity index (χ4v) is 2.09. The fourth-order valence-electron chi connectivity index (χ4n) is 1.69. The zero-order valence-corrected chi connectivity index (χ0v) is 12.9. The molecule has 1 aromatic carbocycles. The summed E-state index contributed by atoms with van der Waals surface area (Å²) >= 11 is 12.3. The van der Waals surface area contributed by atoms with Gasteiger partial charge in [-0.1, -0.05) is 42.3 Å². The van der Waals surface area contributed by atoms with Gasteiger partial charge in [0.1, 0.15) is 5.02 Å². The molecule has 2 aromatic rings. The van der Waals surface area contributed by atoms with Gasteiger partial charge >= 0.3 is 0 Å². The van der Waals surface area contributed by atoms with Crippen LogP contribution in [0.2, 0.25) is 10.0 Å². The van der Waals surface area contributed by atoms with E-state index in [1.54, 1.807) is 6.20 Å². The van der Waals surface area contributed by atoms with Crippen LogP contribution in [0, 0.1) is 6.92 Å². The maximum Gasteiger partial charge on any atom is 0.224 e. The van der Waals surface area contributed by atoms with Crippen molar-refractivity contribution >= 4 is 40.7 Å². The summed E-state index contributed by atoms with van der Waals surface area (Å²) in [5.74, 6) is 1.08. The summed E-state index contributed by atoms with van der Waals surface area (Å²) in [5.41, 5.74) is 1.83. The minimum atomic E-state index is 0.450. The van der Waals surface area contributed by atoms with Crippen molar-refractivity contribution in [2.75, 3.05) is 17.2 Å². The summed E-state index contributed by atoms with van der Waals surface area (Å²) < 4.78 is 0. The second-order valence-electron chi connectivity index (χ2n) is 4.37. The molecule has 1 heterocycles. The topological polar surface area (TPSA) is 49.8 Å². The Morgan fingerprint density at radius 2 is 2.00 bits per heavy atom. The van der Waals surface area contributed by atoms with Crippen LogP contribution in [-0.4, -0.2) is 16.5 Å². The van der Waals surface area contributed by atoms with Crippen LogP contribution in [0.3, 0.4) is 0 Å². The van der Waals surface area contributed by atoms with Gasteiger partial charge in [-0.2, -0.15) is 4.98 Å². The summed E-state index contributed by atoms with van der Waals surface area (Å²) in [4.78, 5) is 8.50. The van der Waals surface area contributed by atoms with Gasteiger partial charge in [-0.05, 0) is 25.0 Å². The summed E-state index contributed by atoms with van der Waals surface area (Å²) in [6, 6.07) is 5.69. The first-order valence-corrected chi connectivity index (χ1v) is 7.16. The molecular formula is C14H16Cl2N4. The molecule has 0 amide bonds. The summed E-state index contributed by atoms with van der Waals surface area (Å²) in [6.45, 7) is 4.86. The minimum absolute atomic E-state index is 0.450. The van der Waals surface area contributed by atoms with Crippen molar-refractivity contribution in [1.82, 2.24) is 9.97 Å². The van der Waals surface area contributed by atoms with Crippen molar-refractivity contribution in [3.8, 4) is 0 Å². The number of hydrogen-bond acceptors (Lipinski definition) is 4. The van der Waals surface area contributed by atoms with Crippen molar-refractivity contribution in [2.45, 2.75) is 20.3 Å². The molecule has 0 bridgehead atoms. The first kappa shape index (κ1) is 14.9. The normalized spacial score (nSPS) is 10.4. The zero-order chi connectivity index (χ0) is 14.5. The lowest BCUT2D eigenvalue weighted by Crippen LogP contribution is -2.06. The van der Waals surface area contributed by atoms with Gasteiger partial charge in [0.25, 0.3) is 0 Å². The van der Waals surface area contributed by atoms with Crippen LogP contribution in [0.4, 0.5) is 17.5 Å². The molecule has 20 heavy (non-hydrogen) atoms. The quantitative estimate of drug-likeness (QED) is 0.843. The molecule has 0 saturated heterocycles. The number of benzene rings is 1. The molecule has 0 radical (unpaired) electrons. The van der Waals surface area contributed by atoms with Crippen LogP contribution < -0.4 is 10.6 Å². The predicted molar refractivity (Wildman–Crippen MR) is 85.3 cm³/mol. The van der Waals surface area contributed by atoms with E-state index in [1.165, 1.54) is 0 Å². The number of rotatable bonds is 5. The first-order valence-electron chi connectivity index (χ1n) is 6.40. The number of nitrogens with zero attached hydrogens (tertiary/aromatic N) is 2. The van der Waals surface area contributed by atoms with Gasteiger partial charge in [-0.25, -0.2) is 4.98 Å². The number of halogens is 2. The highest BCUT2D eigenvalue weighted by atomic mass is 35.5. The molecule has 0 aliphatic heterocycles. The molecule has 2 rings (SSSR count). The Kier molecular flexibility index (Phi) is 5.04. The average molecular weight is 311 g/mol. The monoisotopic (exact) mass is 310 g/mol. The smallest absolute Gasteiger partial charge is 0.224 e. The highest BCUT2D eigenvalue weighted by molar-refractivity contribution is 6.34. The van der Waals surface area contributed by atoms with E-state index in [0.29, 0.717) is 21.8 Å². The number of para-hydroxylation sites is 1. The summed E-state index contributed by atoms with van der Waals surface area (Å²) in [6.07, 6.45) is 2.57. The molecule has 4 nitrogen and oxygen atoms in total. The van der Waals surface area contributed by atoms with Gasteiger partial charge in [-0.15, -0.1) is 0 Å². The number of anilines is 3. The molecule has 0 saturated carbocycles. The van der Waals surface area contributed by atoms with E-state index in [0.717, 1.165) is 24.2 Å².